The van der Waals surface area contributed by atoms with Crippen molar-refractivity contribution in [1.29, 1.82) is 0 Å². The molecule has 0 saturated heterocycles. The first-order valence-electron chi connectivity index (χ1n) is 10.5. The zero-order valence-electron chi connectivity index (χ0n) is 18.8. The molecule has 3 aromatic rings. The lowest BCUT2D eigenvalue weighted by Crippen LogP contribution is -2.36. The van der Waals surface area contributed by atoms with Crippen LogP contribution >= 0.6 is 0 Å². The number of para-hydroxylation sites is 1. The van der Waals surface area contributed by atoms with Gasteiger partial charge in [-0.05, 0) is 25.5 Å². The Morgan fingerprint density at radius 2 is 1.75 bits per heavy atom. The zero-order chi connectivity index (χ0) is 23.3. The fourth-order valence-electron chi connectivity index (χ4n) is 3.46. The largest absolute Gasteiger partial charge is 0.483 e. The van der Waals surface area contributed by atoms with Gasteiger partial charge < -0.3 is 15.0 Å². The number of hydrogen-bond donors (Lipinski definition) is 1. The van der Waals surface area contributed by atoms with Gasteiger partial charge in [-0.3, -0.25) is 14.4 Å². The topological polar surface area (TPSA) is 93.5 Å². The van der Waals surface area contributed by atoms with Crippen LogP contribution in [0.5, 0.6) is 5.75 Å². The van der Waals surface area contributed by atoms with E-state index in [1.165, 1.54) is 9.58 Å². The Bertz CT molecular complexity index is 1190. The second-order valence-corrected chi connectivity index (χ2v) is 7.74. The number of rotatable bonds is 8. The van der Waals surface area contributed by atoms with Gasteiger partial charge in [-0.25, -0.2) is 4.68 Å². The molecule has 1 N–H and O–H groups in total. The minimum absolute atomic E-state index is 0.0932. The van der Waals surface area contributed by atoms with Crippen LogP contribution in [0.2, 0.25) is 0 Å². The molecule has 168 valence electrons. The number of carbonyl (C=O) groups is 2. The summed E-state index contributed by atoms with van der Waals surface area (Å²) in [5.41, 5.74) is 1.15. The predicted molar refractivity (Wildman–Crippen MR) is 123 cm³/mol. The molecule has 0 aliphatic rings. The highest BCUT2D eigenvalue weighted by molar-refractivity contribution is 5.84. The summed E-state index contributed by atoms with van der Waals surface area (Å²) in [4.78, 5) is 38.9. The van der Waals surface area contributed by atoms with Crippen molar-refractivity contribution in [2.45, 2.75) is 32.9 Å². The molecule has 0 fully saturated rings. The number of ether oxygens (including phenoxy) is 1. The minimum Gasteiger partial charge on any atom is -0.483 e. The van der Waals surface area contributed by atoms with E-state index in [9.17, 15) is 14.4 Å². The number of nitrogens with zero attached hydrogens (tertiary/aromatic N) is 3. The number of nitrogens with one attached hydrogen (secondary N) is 1. The van der Waals surface area contributed by atoms with Gasteiger partial charge in [-0.1, -0.05) is 43.3 Å². The maximum atomic E-state index is 12.8. The lowest BCUT2D eigenvalue weighted by Gasteiger charge is -2.21. The van der Waals surface area contributed by atoms with Crippen molar-refractivity contribution in [3.63, 3.8) is 0 Å². The van der Waals surface area contributed by atoms with Crippen LogP contribution in [-0.4, -0.2) is 47.2 Å². The Morgan fingerprint density at radius 3 is 2.44 bits per heavy atom. The van der Waals surface area contributed by atoms with Gasteiger partial charge >= 0.3 is 0 Å². The number of amides is 2. The van der Waals surface area contributed by atoms with Crippen LogP contribution in [0.15, 0.2) is 53.3 Å². The lowest BCUT2D eigenvalue weighted by atomic mass is 10.0. The van der Waals surface area contributed by atoms with Gasteiger partial charge in [0, 0.05) is 25.0 Å². The molecular formula is C24H28N4O4. The molecule has 32 heavy (non-hydrogen) atoms. The van der Waals surface area contributed by atoms with E-state index in [1.807, 2.05) is 44.2 Å². The van der Waals surface area contributed by atoms with Gasteiger partial charge in [0.05, 0.1) is 17.1 Å². The van der Waals surface area contributed by atoms with Crippen LogP contribution in [0.3, 0.4) is 0 Å². The van der Waals surface area contributed by atoms with E-state index < -0.39 is 0 Å². The summed E-state index contributed by atoms with van der Waals surface area (Å²) >= 11 is 0. The van der Waals surface area contributed by atoms with Gasteiger partial charge in [-0.2, -0.15) is 5.10 Å². The molecular weight excluding hydrogens is 408 g/mol. The first-order valence-corrected chi connectivity index (χ1v) is 10.5. The van der Waals surface area contributed by atoms with Crippen molar-refractivity contribution in [3.8, 4) is 5.75 Å². The maximum Gasteiger partial charge on any atom is 0.275 e. The van der Waals surface area contributed by atoms with Gasteiger partial charge in [0.15, 0.2) is 6.61 Å². The molecule has 8 heteroatoms. The van der Waals surface area contributed by atoms with Gasteiger partial charge in [0.25, 0.3) is 11.5 Å². The highest BCUT2D eigenvalue weighted by atomic mass is 16.5. The number of fused-ring (bicyclic) bond motifs is 1. The summed E-state index contributed by atoms with van der Waals surface area (Å²) in [7, 11) is 3.33. The molecule has 0 radical (unpaired) electrons. The summed E-state index contributed by atoms with van der Waals surface area (Å²) in [5.74, 6) is 0.0426. The SMILES string of the molecule is CCC(NC(=O)Cn1nc(C)c2ccccc2c1=O)c1ccccc1OCC(=O)N(C)C. The molecule has 0 aliphatic carbocycles. The Morgan fingerprint density at radius 1 is 1.09 bits per heavy atom. The van der Waals surface area contributed by atoms with Crippen molar-refractivity contribution in [2.24, 2.45) is 0 Å². The summed E-state index contributed by atoms with van der Waals surface area (Å²) in [6, 6.07) is 14.2. The second-order valence-electron chi connectivity index (χ2n) is 7.74. The van der Waals surface area contributed by atoms with Gasteiger partial charge in [0.1, 0.15) is 12.3 Å². The monoisotopic (exact) mass is 436 g/mol. The van der Waals surface area contributed by atoms with Crippen LogP contribution in [0.25, 0.3) is 10.8 Å². The Kier molecular flexibility index (Phi) is 7.25. The second kappa shape index (κ2) is 10.1. The van der Waals surface area contributed by atoms with Crippen LogP contribution in [0.4, 0.5) is 0 Å². The predicted octanol–water partition coefficient (Wildman–Crippen LogP) is 2.44. The summed E-state index contributed by atoms with van der Waals surface area (Å²) in [6.07, 6.45) is 0.604. The molecule has 8 nitrogen and oxygen atoms in total. The van der Waals surface area contributed by atoms with Crippen molar-refractivity contribution in [2.75, 3.05) is 20.7 Å². The number of aromatic nitrogens is 2. The van der Waals surface area contributed by atoms with Crippen LogP contribution in [0, 0.1) is 6.92 Å². The standard InChI is InChI=1S/C24H28N4O4/c1-5-20(19-12-8-9-13-21(19)32-15-23(30)27(3)4)25-22(29)14-28-24(31)18-11-7-6-10-17(18)16(2)26-28/h6-13,20H,5,14-15H2,1-4H3,(H,25,29). The quantitative estimate of drug-likeness (QED) is 0.585. The van der Waals surface area contributed by atoms with E-state index >= 15 is 0 Å². The normalized spacial score (nSPS) is 11.8. The van der Waals surface area contributed by atoms with Gasteiger partial charge in [0.2, 0.25) is 5.91 Å². The van der Waals surface area contributed by atoms with E-state index in [2.05, 4.69) is 10.4 Å². The highest BCUT2D eigenvalue weighted by Crippen LogP contribution is 2.27. The first kappa shape index (κ1) is 23.0. The first-order chi connectivity index (χ1) is 15.3. The molecule has 1 aromatic heterocycles. The number of aryl methyl sites for hydroxylation is 1. The van der Waals surface area contributed by atoms with Crippen molar-refractivity contribution < 1.29 is 14.3 Å². The zero-order valence-corrected chi connectivity index (χ0v) is 18.8. The summed E-state index contributed by atoms with van der Waals surface area (Å²) < 4.78 is 6.91. The van der Waals surface area contributed by atoms with E-state index in [0.29, 0.717) is 23.3 Å². The number of carbonyl (C=O) groups excluding carboxylic acids is 2. The van der Waals surface area contributed by atoms with E-state index in [4.69, 9.17) is 4.74 Å². The van der Waals surface area contributed by atoms with E-state index in [-0.39, 0.29) is 36.6 Å². The minimum atomic E-state index is -0.342. The van der Waals surface area contributed by atoms with Crippen LogP contribution in [-0.2, 0) is 16.1 Å². The molecule has 1 heterocycles. The van der Waals surface area contributed by atoms with Crippen LogP contribution < -0.4 is 15.6 Å². The molecule has 3 rings (SSSR count). The van der Waals surface area contributed by atoms with Crippen molar-refractivity contribution >= 4 is 22.6 Å². The fourth-order valence-corrected chi connectivity index (χ4v) is 3.46. The summed E-state index contributed by atoms with van der Waals surface area (Å²) in [6.45, 7) is 3.47. The number of hydrogen-bond acceptors (Lipinski definition) is 5. The molecule has 2 aromatic carbocycles. The third kappa shape index (κ3) is 5.14. The molecule has 0 saturated carbocycles. The molecule has 1 atom stereocenters. The average Bonchev–Trinajstić information content (AvgIpc) is 2.79. The smallest absolute Gasteiger partial charge is 0.275 e. The lowest BCUT2D eigenvalue weighted by molar-refractivity contribution is -0.130. The molecule has 0 bridgehead atoms. The Labute approximate surface area is 186 Å². The third-order valence-electron chi connectivity index (χ3n) is 5.23. The maximum absolute atomic E-state index is 12.8. The number of benzene rings is 2. The molecule has 0 spiro atoms. The average molecular weight is 437 g/mol. The van der Waals surface area contributed by atoms with Crippen LogP contribution in [0.1, 0.15) is 30.6 Å². The third-order valence-corrected chi connectivity index (χ3v) is 5.23. The van der Waals surface area contributed by atoms with Crippen molar-refractivity contribution in [3.05, 3.63) is 70.1 Å². The van der Waals surface area contributed by atoms with Gasteiger partial charge in [-0.15, -0.1) is 0 Å². The molecule has 0 aliphatic heterocycles. The Hall–Kier alpha value is -3.68. The molecule has 2 amide bonds. The van der Waals surface area contributed by atoms with E-state index in [1.54, 1.807) is 32.3 Å². The Balaban J connectivity index is 1.78. The fraction of sp³-hybridized carbons (Fsp3) is 0.333. The summed E-state index contributed by atoms with van der Waals surface area (Å²) in [5, 5.41) is 8.58. The van der Waals surface area contributed by atoms with Crippen molar-refractivity contribution in [1.82, 2.24) is 20.0 Å². The highest BCUT2D eigenvalue weighted by Gasteiger charge is 2.19. The number of likely N-dealkylation sites (N-methyl/N-ethyl adjacent to an activating group) is 1. The molecule has 1 unspecified atom stereocenters. The van der Waals surface area contributed by atoms with E-state index in [0.717, 1.165) is 10.9 Å².